The van der Waals surface area contributed by atoms with E-state index in [0.717, 1.165) is 27.5 Å². The van der Waals surface area contributed by atoms with Crippen LogP contribution in [0.4, 0.5) is 10.7 Å². The molecule has 0 saturated carbocycles. The summed E-state index contributed by atoms with van der Waals surface area (Å²) in [5, 5.41) is 9.39. The highest BCUT2D eigenvalue weighted by Crippen LogP contribution is 2.37. The van der Waals surface area contributed by atoms with E-state index in [4.69, 9.17) is 0 Å². The Morgan fingerprint density at radius 1 is 1.07 bits per heavy atom. The number of benzene rings is 2. The van der Waals surface area contributed by atoms with Crippen LogP contribution in [0.15, 0.2) is 60.1 Å². The number of carboxylic acid groups (broad SMARTS) is 1. The highest BCUT2D eigenvalue weighted by molar-refractivity contribution is 7.92. The molecule has 0 fully saturated rings. The molecule has 2 aromatic carbocycles. The molecule has 0 unspecified atom stereocenters. The van der Waals surface area contributed by atoms with Crippen molar-refractivity contribution in [2.24, 2.45) is 0 Å². The summed E-state index contributed by atoms with van der Waals surface area (Å²) in [6, 6.07) is 16.5. The zero-order chi connectivity index (χ0) is 19.4. The van der Waals surface area contributed by atoms with Gasteiger partial charge in [-0.25, -0.2) is 22.5 Å². The maximum atomic E-state index is 12.5. The zero-order valence-electron chi connectivity index (χ0n) is 14.3. The van der Waals surface area contributed by atoms with Crippen LogP contribution in [0.3, 0.4) is 0 Å². The van der Waals surface area contributed by atoms with Crippen LogP contribution in [0.2, 0.25) is 0 Å². The number of para-hydroxylation sites is 1. The number of aromatic carboxylic acids is 1. The van der Waals surface area contributed by atoms with E-state index in [0.29, 0.717) is 11.3 Å². The van der Waals surface area contributed by atoms with Gasteiger partial charge < -0.3 is 5.11 Å². The van der Waals surface area contributed by atoms with Crippen molar-refractivity contribution in [2.75, 3.05) is 10.6 Å². The number of carboxylic acids is 1. The largest absolute Gasteiger partial charge is 0.476 e. The summed E-state index contributed by atoms with van der Waals surface area (Å²) in [4.78, 5) is 15.2. The molecule has 0 atom stereocenters. The molecule has 0 bridgehead atoms. The predicted octanol–water partition coefficient (Wildman–Crippen LogP) is 4.11. The Hall–Kier alpha value is -2.97. The standard InChI is InChI=1S/C19H16N2O4S2/c1-27(24,25)21(18-17(19(22)23)20-13-26-18)16-10-6-5-9-15(16)12-11-14-7-3-2-4-8-14/h2-13H,1H3,(H,22,23). The molecule has 0 saturated heterocycles. The first-order valence-corrected chi connectivity index (χ1v) is 10.6. The van der Waals surface area contributed by atoms with Crippen LogP contribution in [-0.4, -0.2) is 30.7 Å². The normalized spacial score (nSPS) is 11.6. The average molecular weight is 400 g/mol. The molecule has 0 aliphatic heterocycles. The fraction of sp³-hybridized carbons (Fsp3) is 0.0526. The van der Waals surface area contributed by atoms with Crippen LogP contribution in [-0.2, 0) is 10.0 Å². The topological polar surface area (TPSA) is 87.6 Å². The van der Waals surface area contributed by atoms with Gasteiger partial charge in [-0.1, -0.05) is 60.7 Å². The molecule has 27 heavy (non-hydrogen) atoms. The van der Waals surface area contributed by atoms with Crippen molar-refractivity contribution >= 4 is 50.2 Å². The number of nitrogens with zero attached hydrogens (tertiary/aromatic N) is 2. The molecule has 1 aromatic heterocycles. The van der Waals surface area contributed by atoms with Gasteiger partial charge in [0.1, 0.15) is 5.00 Å². The van der Waals surface area contributed by atoms with Gasteiger partial charge >= 0.3 is 5.97 Å². The third-order valence-electron chi connectivity index (χ3n) is 3.68. The minimum Gasteiger partial charge on any atom is -0.476 e. The van der Waals surface area contributed by atoms with Gasteiger partial charge in [-0.2, -0.15) is 0 Å². The molecule has 0 radical (unpaired) electrons. The molecular weight excluding hydrogens is 384 g/mol. The van der Waals surface area contributed by atoms with E-state index in [1.807, 2.05) is 36.4 Å². The van der Waals surface area contributed by atoms with E-state index < -0.39 is 16.0 Å². The lowest BCUT2D eigenvalue weighted by molar-refractivity contribution is 0.0692. The van der Waals surface area contributed by atoms with Gasteiger partial charge in [0.05, 0.1) is 17.5 Å². The maximum Gasteiger partial charge on any atom is 0.357 e. The van der Waals surface area contributed by atoms with Crippen LogP contribution in [0.25, 0.3) is 12.2 Å². The van der Waals surface area contributed by atoms with Crippen molar-refractivity contribution in [2.45, 2.75) is 0 Å². The monoisotopic (exact) mass is 400 g/mol. The third kappa shape index (κ3) is 4.24. The Morgan fingerprint density at radius 2 is 1.74 bits per heavy atom. The SMILES string of the molecule is CS(=O)(=O)N(c1ccccc1C=Cc1ccccc1)c1scnc1C(=O)O. The Bertz CT molecular complexity index is 1090. The second-order valence-corrected chi connectivity index (χ2v) is 8.31. The Labute approximate surface area is 161 Å². The fourth-order valence-electron chi connectivity index (χ4n) is 2.53. The molecule has 1 N–H and O–H groups in total. The van der Waals surface area contributed by atoms with Crippen LogP contribution in [0.5, 0.6) is 0 Å². The lowest BCUT2D eigenvalue weighted by atomic mass is 10.1. The molecule has 0 aliphatic carbocycles. The average Bonchev–Trinajstić information content (AvgIpc) is 3.10. The number of thiazole rings is 1. The van der Waals surface area contributed by atoms with Crippen LogP contribution < -0.4 is 4.31 Å². The minimum absolute atomic E-state index is 0.0468. The van der Waals surface area contributed by atoms with Crippen LogP contribution >= 0.6 is 11.3 Å². The van der Waals surface area contributed by atoms with Crippen molar-refractivity contribution in [3.63, 3.8) is 0 Å². The lowest BCUT2D eigenvalue weighted by Crippen LogP contribution is -2.26. The zero-order valence-corrected chi connectivity index (χ0v) is 15.9. The van der Waals surface area contributed by atoms with E-state index in [1.165, 1.54) is 5.51 Å². The first-order chi connectivity index (χ1) is 12.9. The van der Waals surface area contributed by atoms with Gasteiger partial charge in [-0.15, -0.1) is 11.3 Å². The molecular formula is C19H16N2O4S2. The number of hydrogen-bond acceptors (Lipinski definition) is 5. The highest BCUT2D eigenvalue weighted by atomic mass is 32.2. The van der Waals surface area contributed by atoms with Crippen LogP contribution in [0.1, 0.15) is 21.6 Å². The number of anilines is 2. The van der Waals surface area contributed by atoms with Gasteiger partial charge in [0.25, 0.3) is 0 Å². The Balaban J connectivity index is 2.13. The van der Waals surface area contributed by atoms with Crippen molar-refractivity contribution in [1.29, 1.82) is 0 Å². The number of carbonyl (C=O) groups is 1. The van der Waals surface area contributed by atoms with Crippen molar-refractivity contribution < 1.29 is 18.3 Å². The summed E-state index contributed by atoms with van der Waals surface area (Å²) in [5.41, 5.74) is 2.98. The molecule has 1 heterocycles. The summed E-state index contributed by atoms with van der Waals surface area (Å²) >= 11 is 0.962. The molecule has 6 nitrogen and oxygen atoms in total. The number of rotatable bonds is 6. The summed E-state index contributed by atoms with van der Waals surface area (Å²) in [5.74, 6) is -1.28. The molecule has 3 aromatic rings. The van der Waals surface area contributed by atoms with E-state index in [2.05, 4.69) is 4.98 Å². The van der Waals surface area contributed by atoms with Gasteiger partial charge in [0.15, 0.2) is 5.69 Å². The molecule has 0 amide bonds. The van der Waals surface area contributed by atoms with E-state index in [9.17, 15) is 18.3 Å². The predicted molar refractivity (Wildman–Crippen MR) is 108 cm³/mol. The summed E-state index contributed by atoms with van der Waals surface area (Å²) < 4.78 is 26.1. The molecule has 0 aliphatic rings. The van der Waals surface area contributed by atoms with Crippen molar-refractivity contribution in [3.05, 3.63) is 76.9 Å². The lowest BCUT2D eigenvalue weighted by Gasteiger charge is -2.22. The van der Waals surface area contributed by atoms with E-state index >= 15 is 0 Å². The maximum absolute atomic E-state index is 12.5. The highest BCUT2D eigenvalue weighted by Gasteiger charge is 2.28. The van der Waals surface area contributed by atoms with Gasteiger partial charge in [0, 0.05) is 0 Å². The Morgan fingerprint density at radius 3 is 2.41 bits per heavy atom. The van der Waals surface area contributed by atoms with Crippen molar-refractivity contribution in [3.8, 4) is 0 Å². The van der Waals surface area contributed by atoms with Gasteiger partial charge in [-0.05, 0) is 17.2 Å². The first-order valence-electron chi connectivity index (χ1n) is 7.87. The van der Waals surface area contributed by atoms with Gasteiger partial charge in [-0.3, -0.25) is 0 Å². The number of aromatic nitrogens is 1. The quantitative estimate of drug-likeness (QED) is 0.629. The van der Waals surface area contributed by atoms with Crippen LogP contribution in [0, 0.1) is 0 Å². The smallest absolute Gasteiger partial charge is 0.357 e. The second-order valence-electron chi connectivity index (χ2n) is 5.64. The molecule has 0 spiro atoms. The summed E-state index contributed by atoms with van der Waals surface area (Å²) in [6.45, 7) is 0. The summed E-state index contributed by atoms with van der Waals surface area (Å²) in [6.07, 6.45) is 4.70. The summed E-state index contributed by atoms with van der Waals surface area (Å²) in [7, 11) is -3.80. The molecule has 3 rings (SSSR count). The van der Waals surface area contributed by atoms with Crippen molar-refractivity contribution in [1.82, 2.24) is 4.98 Å². The third-order valence-corrected chi connectivity index (χ3v) is 5.65. The fourth-order valence-corrected chi connectivity index (χ4v) is 4.68. The molecule has 138 valence electrons. The minimum atomic E-state index is -3.80. The Kier molecular flexibility index (Phi) is 5.38. The number of hydrogen-bond donors (Lipinski definition) is 1. The van der Waals surface area contributed by atoms with E-state index in [-0.39, 0.29) is 10.7 Å². The molecule has 8 heteroatoms. The first kappa shape index (κ1) is 18.8. The second kappa shape index (κ2) is 7.73. The van der Waals surface area contributed by atoms with E-state index in [1.54, 1.807) is 30.3 Å². The number of sulfonamides is 1. The van der Waals surface area contributed by atoms with Gasteiger partial charge in [0.2, 0.25) is 10.0 Å².